The number of hydrogen-bond acceptors (Lipinski definition) is 34. The number of carbonyl (C=O) groups excluding carboxylic acids is 16. The quantitative estimate of drug-likeness (QED) is 0.0398. The molecule has 42 nitrogen and oxygen atoms in total. The third-order valence-electron chi connectivity index (χ3n) is 20.7. The van der Waals surface area contributed by atoms with Crippen LogP contribution in [0.4, 0.5) is 33.6 Å². The highest BCUT2D eigenvalue weighted by Crippen LogP contribution is 2.46. The fraction of sp³-hybridized carbons (Fsp3) is 0.817. The molecule has 10 atom stereocenters. The first-order valence-electron chi connectivity index (χ1n) is 45.5. The lowest BCUT2D eigenvalue weighted by molar-refractivity contribution is -0.176. The Labute approximate surface area is 851 Å². The molecule has 816 valence electrons. The molecule has 0 bridgehead atoms. The third kappa shape index (κ3) is 46.0. The molecule has 9 aliphatic heterocycles. The number of Topliss-reactive ketones (excluding diaryl/α,β-unsaturated/α-hetero) is 1. The van der Waals surface area contributed by atoms with Crippen molar-refractivity contribution in [3.8, 4) is 0 Å². The van der Waals surface area contributed by atoms with E-state index in [0.29, 0.717) is 64.8 Å². The van der Waals surface area contributed by atoms with Gasteiger partial charge in [-0.2, -0.15) is 0 Å². The molecule has 10 unspecified atom stereocenters. The number of ketones is 1. The largest absolute Gasteiger partial charge is 0.519 e. The summed E-state index contributed by atoms with van der Waals surface area (Å²) in [6.07, 6.45) is 5.67. The van der Waals surface area contributed by atoms with Gasteiger partial charge in [-0.1, -0.05) is 22.3 Å². The summed E-state index contributed by atoms with van der Waals surface area (Å²) in [6.45, 7) is 55.0. The Bertz CT molecular complexity index is 3990. The first-order chi connectivity index (χ1) is 62.2. The van der Waals surface area contributed by atoms with Gasteiger partial charge in [0.1, 0.15) is 75.0 Å². The summed E-state index contributed by atoms with van der Waals surface area (Å²) >= 11 is 4.64. The van der Waals surface area contributed by atoms with Crippen LogP contribution in [0.5, 0.6) is 0 Å². The van der Waals surface area contributed by atoms with Crippen molar-refractivity contribution in [2.24, 2.45) is 5.73 Å². The van der Waals surface area contributed by atoms with Gasteiger partial charge in [-0.15, -0.1) is 12.4 Å². The van der Waals surface area contributed by atoms with E-state index >= 15 is 0 Å². The summed E-state index contributed by atoms with van der Waals surface area (Å²) < 4.78 is 73.8. The van der Waals surface area contributed by atoms with Crippen LogP contribution in [0.25, 0.3) is 0 Å². The van der Waals surface area contributed by atoms with E-state index in [1.165, 1.54) is 52.6 Å². The number of nitrogens with two attached hydrogens (primary N) is 1. The van der Waals surface area contributed by atoms with E-state index < -0.39 is 143 Å². The van der Waals surface area contributed by atoms with Crippen molar-refractivity contribution in [2.45, 2.75) is 411 Å². The molecule has 9 rings (SSSR count). The molecule has 9 saturated heterocycles. The Morgan fingerprint density at radius 3 is 1.18 bits per heavy atom. The number of esters is 5. The lowest BCUT2D eigenvalue weighted by Gasteiger charge is -2.56. The summed E-state index contributed by atoms with van der Waals surface area (Å²) in [5.74, 6) is -3.40. The van der Waals surface area contributed by atoms with Gasteiger partial charge in [-0.3, -0.25) is 58.1 Å². The second-order valence-corrected chi connectivity index (χ2v) is 42.7. The first-order valence-corrected chi connectivity index (χ1v) is 48.6. The number of methoxy groups -OCH3 is 2. The average Bonchev–Trinajstić information content (AvgIpc) is 1.56. The standard InChI is InChI=1S/C16H26N2O5.C14H26N2O4.C14H23NO5.C12H20N2O3.C11H19NO4.C10H18O5.C6H11NO2.C5H9NO2.C2H3ClO.3CH4.Cl2OS.ClH/c1-6-22-12(19)10-17-11(2)16(13(17)20)8-7-9-18(16)14(21)23-15(3,4)5;1-6-19-11(17)14(10(2)15)8-7-9-16(14)12(18)20-13(3,4)5;1-6-19-11(17)14(10(2)16)8-7-9-15(14)12(18)20-13(3,4)5;1-8-12(9(15)13-8)6-5-7-14(12)10(16)17-11(2,3)4;1-11(2,3)16-10(14)12-7-5-6-8(12)9(13)15-4;1-9(2,3)14-7(11)13-8(12)15-10(4,5)6;1-9-6(8)5-3-2-4-7-5;7-5(8)4-2-1-3-6-4;1-2(3)4;;;;1-4(2)3;/h11H,6-10H2,1-5H3;10H,6-9,15H2,1-5H3;6-9H2,1-5H3;8H,5-7H2,1-4H3,(H,13,15);8H,5-7H2,1-4H3;1-6H3;5,7H,2-4H2,1H3;4,6H,1-3H2,(H,7,8);1H3;3*1H4;;1H. The van der Waals surface area contributed by atoms with Crippen LogP contribution in [0, 0.1) is 0 Å². The molecule has 9 aliphatic rings. The monoisotopic (exact) mass is 2110 g/mol. The number of hydrogen-bond donors (Lipinski definition) is 5. The SMILES string of the molecule is C.C.C.CC(=O)Cl.CC(C)(C)OC(=O)OC(=O)OC(C)(C)C.CC1NC(=O)C12CCCN2C(=O)OC(C)(C)C.CCOC(=O)C1(C(C)=O)CCCN1C(=O)OC(C)(C)C.CCOC(=O)C1(C(C)N)CCCN1C(=O)OC(C)(C)C.CCOC(=O)CN1C(=O)C2(CCCN2C(=O)OC(C)(C)C)C1C.COC(=O)C1CCCN1.COC(=O)C1CCCN1C(=O)OC(C)(C)C.Cl.O=C(O)C1CCCN1.O=S(Cl)Cl. The molecule has 140 heavy (non-hydrogen) atoms. The maximum absolute atomic E-state index is 12.7. The van der Waals surface area contributed by atoms with E-state index in [0.717, 1.165) is 64.5 Å². The number of aliphatic carboxylic acids is 1. The van der Waals surface area contributed by atoms with Gasteiger partial charge < -0.3 is 93.3 Å². The fourth-order valence-corrected chi connectivity index (χ4v) is 15.2. The van der Waals surface area contributed by atoms with Crippen LogP contribution in [-0.2, 0) is 119 Å². The molecule has 0 aromatic carbocycles. The molecule has 7 amide bonds. The molecule has 9 heterocycles. The van der Waals surface area contributed by atoms with E-state index in [9.17, 15) is 81.5 Å². The van der Waals surface area contributed by atoms with Gasteiger partial charge in [0, 0.05) is 67.1 Å². The van der Waals surface area contributed by atoms with E-state index in [2.05, 4.69) is 63.1 Å². The second kappa shape index (κ2) is 61.5. The van der Waals surface area contributed by atoms with E-state index in [1.807, 2.05) is 34.6 Å². The molecule has 6 N–H and O–H groups in total. The average molecular weight is 2110 g/mol. The number of ether oxygens (including phenoxy) is 13. The molecule has 0 radical (unpaired) electrons. The summed E-state index contributed by atoms with van der Waals surface area (Å²) in [5.41, 5.74) is -2.52. The smallest absolute Gasteiger partial charge is 0.480 e. The summed E-state index contributed by atoms with van der Waals surface area (Å²) in [6, 6.07) is -1.51. The van der Waals surface area contributed by atoms with Gasteiger partial charge in [-0.05, 0) is 308 Å². The Hall–Kier alpha value is -8.62. The number of β-lactam (4-membered cyclic amide) rings is 2. The van der Waals surface area contributed by atoms with Crippen LogP contribution >= 0.6 is 45.4 Å². The predicted molar refractivity (Wildman–Crippen MR) is 530 cm³/mol. The molecule has 9 fully saturated rings. The van der Waals surface area contributed by atoms with Crippen molar-refractivity contribution < 1.29 is 152 Å². The van der Waals surface area contributed by atoms with Gasteiger partial charge in [0.15, 0.2) is 11.3 Å². The number of amides is 7. The highest BCUT2D eigenvalue weighted by atomic mass is 36.0. The molecule has 2 spiro atoms. The van der Waals surface area contributed by atoms with Crippen LogP contribution in [0.1, 0.15) is 313 Å². The molecule has 47 heteroatoms. The van der Waals surface area contributed by atoms with E-state index in [1.54, 1.807) is 157 Å². The number of carboxylic acid groups (broad SMARTS) is 1. The second-order valence-electron chi connectivity index (χ2n) is 39.7. The van der Waals surface area contributed by atoms with Crippen LogP contribution < -0.4 is 21.7 Å². The van der Waals surface area contributed by atoms with Crippen LogP contribution in [0.3, 0.4) is 0 Å². The maximum Gasteiger partial charge on any atom is 0.519 e. The minimum atomic E-state index is -1.67. The topological polar surface area (TPSA) is 529 Å². The van der Waals surface area contributed by atoms with Crippen molar-refractivity contribution in [2.75, 3.05) is 86.4 Å². The minimum Gasteiger partial charge on any atom is -0.480 e. The number of nitrogens with one attached hydrogen (secondary N) is 3. The Balaban J connectivity index is -0.000000495. The molecular weight excluding hydrogens is 1940 g/mol. The van der Waals surface area contributed by atoms with Gasteiger partial charge in [0.25, 0.3) is 5.91 Å². The zero-order valence-electron chi connectivity index (χ0n) is 86.0. The number of likely N-dealkylation sites (tertiary alicyclic amines) is 6. The normalized spacial score (nSPS) is 22.5. The van der Waals surface area contributed by atoms with Gasteiger partial charge in [0.2, 0.25) is 25.9 Å². The van der Waals surface area contributed by atoms with E-state index in [-0.39, 0.29) is 133 Å². The molecule has 0 saturated carbocycles. The van der Waals surface area contributed by atoms with Crippen LogP contribution in [0.15, 0.2) is 0 Å². The predicted octanol–water partition coefficient (Wildman–Crippen LogP) is 14.7. The van der Waals surface area contributed by atoms with Gasteiger partial charge >= 0.3 is 78.6 Å². The Morgan fingerprint density at radius 1 is 0.486 bits per heavy atom. The number of carbonyl (C=O) groups is 17. The van der Waals surface area contributed by atoms with Crippen LogP contribution in [0.2, 0.25) is 0 Å². The van der Waals surface area contributed by atoms with Crippen molar-refractivity contribution in [3.63, 3.8) is 0 Å². The molecule has 0 aromatic rings. The number of halogens is 4. The van der Waals surface area contributed by atoms with Crippen molar-refractivity contribution in [1.82, 2.24) is 45.3 Å². The molecule has 0 aliphatic carbocycles. The highest BCUT2D eigenvalue weighted by Gasteiger charge is 2.66. The zero-order valence-corrected chi connectivity index (χ0v) is 89.9. The third-order valence-corrected chi connectivity index (χ3v) is 20.7. The molecular formula is C93H168Cl4N10O32S. The highest BCUT2D eigenvalue weighted by molar-refractivity contribution is 8.26. The maximum atomic E-state index is 12.7. The Kier molecular flexibility index (Phi) is 61.4. The summed E-state index contributed by atoms with van der Waals surface area (Å²) in [5, 5.41) is 16.7. The van der Waals surface area contributed by atoms with Crippen LogP contribution in [-0.4, -0.2) is 324 Å². The lowest BCUT2D eigenvalue weighted by Crippen LogP contribution is -2.78. The number of nitrogens with zero attached hydrogens (tertiary/aromatic N) is 6. The first kappa shape index (κ1) is 140. The summed E-state index contributed by atoms with van der Waals surface area (Å²) in [4.78, 5) is 206. The van der Waals surface area contributed by atoms with E-state index in [4.69, 9.17) is 62.4 Å². The minimum absolute atomic E-state index is 0. The Morgan fingerprint density at radius 2 is 0.836 bits per heavy atom. The number of carboxylic acids is 1. The fourth-order valence-electron chi connectivity index (χ4n) is 15.2. The van der Waals surface area contributed by atoms with Gasteiger partial charge in [-0.25, -0.2) is 52.2 Å². The van der Waals surface area contributed by atoms with Crippen molar-refractivity contribution in [1.29, 1.82) is 0 Å². The summed E-state index contributed by atoms with van der Waals surface area (Å²) in [7, 11) is 10.1. The number of rotatable bonds is 12. The van der Waals surface area contributed by atoms with Crippen molar-refractivity contribution in [3.05, 3.63) is 0 Å². The van der Waals surface area contributed by atoms with Crippen molar-refractivity contribution >= 4 is 156 Å². The zero-order chi connectivity index (χ0) is 106. The molecule has 0 aromatic heterocycles. The lowest BCUT2D eigenvalue weighted by atomic mass is 9.77. The van der Waals surface area contributed by atoms with Gasteiger partial charge in [0.05, 0.1) is 46.1 Å².